The van der Waals surface area contributed by atoms with Gasteiger partial charge in [-0.1, -0.05) is 13.8 Å². The second kappa shape index (κ2) is 8.31. The van der Waals surface area contributed by atoms with E-state index in [1.807, 2.05) is 31.2 Å². The number of aromatic nitrogens is 3. The van der Waals surface area contributed by atoms with E-state index in [1.165, 1.54) is 6.42 Å². The van der Waals surface area contributed by atoms with Crippen molar-refractivity contribution in [2.45, 2.75) is 33.7 Å². The molecular weight excluding hydrogens is 328 g/mol. The minimum Gasteiger partial charge on any atom is -0.494 e. The van der Waals surface area contributed by atoms with E-state index in [0.717, 1.165) is 24.5 Å². The molecule has 1 aliphatic rings. The number of hydrogen-bond acceptors (Lipinski definition) is 7. The molecule has 0 aliphatic carbocycles. The molecular formula is C19H28N6O. The molecule has 0 saturated carbocycles. The highest BCUT2D eigenvalue weighted by Crippen LogP contribution is 2.23. The molecule has 2 heterocycles. The van der Waals surface area contributed by atoms with Crippen molar-refractivity contribution in [1.82, 2.24) is 19.9 Å². The molecule has 0 radical (unpaired) electrons. The number of anilines is 3. The maximum atomic E-state index is 5.90. The number of nitrogen functional groups attached to an aromatic ring is 1. The number of nitrogens with zero attached hydrogens (tertiary/aromatic N) is 4. The van der Waals surface area contributed by atoms with Crippen LogP contribution in [0.1, 0.15) is 33.0 Å². The summed E-state index contributed by atoms with van der Waals surface area (Å²) < 4.78 is 5.46. The van der Waals surface area contributed by atoms with Gasteiger partial charge in [-0.2, -0.15) is 15.0 Å². The van der Waals surface area contributed by atoms with Crippen molar-refractivity contribution < 1.29 is 4.74 Å². The van der Waals surface area contributed by atoms with Crippen LogP contribution >= 0.6 is 0 Å². The van der Waals surface area contributed by atoms with Gasteiger partial charge in [0.2, 0.25) is 11.9 Å². The number of ether oxygens (including phenoxy) is 1. The second-order valence-electron chi connectivity index (χ2n) is 7.16. The molecule has 3 rings (SSSR count). The zero-order chi connectivity index (χ0) is 18.5. The van der Waals surface area contributed by atoms with E-state index in [1.54, 1.807) is 0 Å². The SMILES string of the molecule is CCOc1ccc(Nc2nc(N)nc(CN3C[C@@H](C)C[C@H](C)C3)n2)cc1. The van der Waals surface area contributed by atoms with Crippen molar-refractivity contribution in [3.8, 4) is 5.75 Å². The highest BCUT2D eigenvalue weighted by molar-refractivity contribution is 5.55. The summed E-state index contributed by atoms with van der Waals surface area (Å²) in [5.74, 6) is 3.63. The molecule has 1 aliphatic heterocycles. The fourth-order valence-electron chi connectivity index (χ4n) is 3.62. The molecule has 1 aromatic heterocycles. The zero-order valence-corrected chi connectivity index (χ0v) is 15.8. The van der Waals surface area contributed by atoms with Crippen molar-refractivity contribution in [3.63, 3.8) is 0 Å². The molecule has 7 nitrogen and oxygen atoms in total. The monoisotopic (exact) mass is 356 g/mol. The summed E-state index contributed by atoms with van der Waals surface area (Å²) in [6, 6.07) is 7.68. The summed E-state index contributed by atoms with van der Waals surface area (Å²) in [4.78, 5) is 15.5. The zero-order valence-electron chi connectivity index (χ0n) is 15.8. The summed E-state index contributed by atoms with van der Waals surface area (Å²) in [5.41, 5.74) is 6.78. The Kier molecular flexibility index (Phi) is 5.88. The van der Waals surface area contributed by atoms with Gasteiger partial charge in [0.1, 0.15) is 11.6 Å². The van der Waals surface area contributed by atoms with Crippen molar-refractivity contribution in [1.29, 1.82) is 0 Å². The second-order valence-corrected chi connectivity index (χ2v) is 7.16. The van der Waals surface area contributed by atoms with Crippen molar-refractivity contribution in [3.05, 3.63) is 30.1 Å². The summed E-state index contributed by atoms with van der Waals surface area (Å²) in [7, 11) is 0. The summed E-state index contributed by atoms with van der Waals surface area (Å²) >= 11 is 0. The Morgan fingerprint density at radius 3 is 2.46 bits per heavy atom. The van der Waals surface area contributed by atoms with Crippen LogP contribution in [0.25, 0.3) is 0 Å². The van der Waals surface area contributed by atoms with Gasteiger partial charge in [-0.05, 0) is 49.4 Å². The van der Waals surface area contributed by atoms with Gasteiger partial charge in [0, 0.05) is 18.8 Å². The number of rotatable bonds is 6. The van der Waals surface area contributed by atoms with Crippen LogP contribution in [0.2, 0.25) is 0 Å². The first-order valence-corrected chi connectivity index (χ1v) is 9.24. The molecule has 140 valence electrons. The van der Waals surface area contributed by atoms with Gasteiger partial charge in [0.05, 0.1) is 13.2 Å². The summed E-state index contributed by atoms with van der Waals surface area (Å²) in [6.07, 6.45) is 1.28. The van der Waals surface area contributed by atoms with Crippen LogP contribution in [-0.2, 0) is 6.54 Å². The number of benzene rings is 1. The van der Waals surface area contributed by atoms with Crippen molar-refractivity contribution in [2.75, 3.05) is 30.7 Å². The van der Waals surface area contributed by atoms with E-state index in [4.69, 9.17) is 10.5 Å². The molecule has 1 fully saturated rings. The highest BCUT2D eigenvalue weighted by Gasteiger charge is 2.22. The predicted molar refractivity (Wildman–Crippen MR) is 103 cm³/mol. The Hall–Kier alpha value is -2.41. The Balaban J connectivity index is 1.69. The smallest absolute Gasteiger partial charge is 0.232 e. The first-order valence-electron chi connectivity index (χ1n) is 9.24. The quantitative estimate of drug-likeness (QED) is 0.822. The van der Waals surface area contributed by atoms with Crippen LogP contribution in [0.5, 0.6) is 5.75 Å². The van der Waals surface area contributed by atoms with Crippen LogP contribution < -0.4 is 15.8 Å². The molecule has 1 saturated heterocycles. The molecule has 2 aromatic rings. The molecule has 26 heavy (non-hydrogen) atoms. The topological polar surface area (TPSA) is 89.2 Å². The first kappa shape index (κ1) is 18.4. The average Bonchev–Trinajstić information content (AvgIpc) is 2.55. The van der Waals surface area contributed by atoms with Crippen molar-refractivity contribution in [2.24, 2.45) is 11.8 Å². The van der Waals surface area contributed by atoms with E-state index in [0.29, 0.717) is 36.8 Å². The van der Waals surface area contributed by atoms with E-state index >= 15 is 0 Å². The van der Waals surface area contributed by atoms with Gasteiger partial charge >= 0.3 is 0 Å². The van der Waals surface area contributed by atoms with Gasteiger partial charge in [-0.25, -0.2) is 0 Å². The molecule has 0 bridgehead atoms. The van der Waals surface area contributed by atoms with Gasteiger partial charge in [-0.15, -0.1) is 0 Å². The Morgan fingerprint density at radius 2 is 1.81 bits per heavy atom. The normalized spacial score (nSPS) is 20.7. The summed E-state index contributed by atoms with van der Waals surface area (Å²) in [5, 5.41) is 3.19. The van der Waals surface area contributed by atoms with Crippen molar-refractivity contribution >= 4 is 17.6 Å². The van der Waals surface area contributed by atoms with E-state index in [-0.39, 0.29) is 5.95 Å². The lowest BCUT2D eigenvalue weighted by molar-refractivity contribution is 0.131. The lowest BCUT2D eigenvalue weighted by atomic mass is 9.92. The molecule has 1 aromatic carbocycles. The minimum absolute atomic E-state index is 0.238. The van der Waals surface area contributed by atoms with Crippen LogP contribution in [0, 0.1) is 11.8 Å². The molecule has 2 atom stereocenters. The first-order chi connectivity index (χ1) is 12.5. The van der Waals surface area contributed by atoms with E-state index in [2.05, 4.69) is 39.0 Å². The largest absolute Gasteiger partial charge is 0.494 e. The van der Waals surface area contributed by atoms with Crippen LogP contribution in [0.3, 0.4) is 0 Å². The Bertz CT molecular complexity index is 710. The third-order valence-corrected chi connectivity index (χ3v) is 4.43. The third kappa shape index (κ3) is 5.05. The maximum Gasteiger partial charge on any atom is 0.232 e. The molecule has 0 spiro atoms. The number of hydrogen-bond donors (Lipinski definition) is 2. The fourth-order valence-corrected chi connectivity index (χ4v) is 3.62. The predicted octanol–water partition coefficient (Wildman–Crippen LogP) is 3.07. The molecule has 0 amide bonds. The molecule has 3 N–H and O–H groups in total. The minimum atomic E-state index is 0.238. The van der Waals surface area contributed by atoms with Gasteiger partial charge < -0.3 is 15.8 Å². The van der Waals surface area contributed by atoms with Crippen LogP contribution in [-0.4, -0.2) is 39.5 Å². The van der Waals surface area contributed by atoms with Gasteiger partial charge in [-0.3, -0.25) is 4.90 Å². The highest BCUT2D eigenvalue weighted by atomic mass is 16.5. The Morgan fingerprint density at radius 1 is 1.12 bits per heavy atom. The molecule has 0 unspecified atom stereocenters. The van der Waals surface area contributed by atoms with Crippen LogP contribution in [0.15, 0.2) is 24.3 Å². The average molecular weight is 356 g/mol. The lowest BCUT2D eigenvalue weighted by Crippen LogP contribution is -2.38. The lowest BCUT2D eigenvalue weighted by Gasteiger charge is -2.34. The van der Waals surface area contributed by atoms with Crippen LogP contribution in [0.4, 0.5) is 17.6 Å². The number of piperidine rings is 1. The number of likely N-dealkylation sites (tertiary alicyclic amines) is 1. The summed E-state index contributed by atoms with van der Waals surface area (Å²) in [6.45, 7) is 10.0. The van der Waals surface area contributed by atoms with E-state index < -0.39 is 0 Å². The Labute approximate surface area is 155 Å². The third-order valence-electron chi connectivity index (χ3n) is 4.43. The number of nitrogens with two attached hydrogens (primary N) is 1. The fraction of sp³-hybridized carbons (Fsp3) is 0.526. The molecule has 7 heteroatoms. The maximum absolute atomic E-state index is 5.90. The number of nitrogens with one attached hydrogen (secondary N) is 1. The van der Waals surface area contributed by atoms with E-state index in [9.17, 15) is 0 Å². The van der Waals surface area contributed by atoms with Gasteiger partial charge in [0.15, 0.2) is 0 Å². The van der Waals surface area contributed by atoms with Gasteiger partial charge in [0.25, 0.3) is 0 Å². The standard InChI is InChI=1S/C19H28N6O/c1-4-26-16-7-5-15(6-8-16)21-19-23-17(22-18(20)24-19)12-25-10-13(2)9-14(3)11-25/h5-8,13-14H,4,9-12H2,1-3H3,(H3,20,21,22,23,24)/t13-,14-/m0/s1.